The van der Waals surface area contributed by atoms with Gasteiger partial charge in [-0.15, -0.1) is 0 Å². The van der Waals surface area contributed by atoms with Gasteiger partial charge in [-0.2, -0.15) is 5.10 Å². The molecular formula is C18H26N4O3. The van der Waals surface area contributed by atoms with Crippen LogP contribution in [0.25, 0.3) is 11.1 Å². The van der Waals surface area contributed by atoms with Crippen molar-refractivity contribution in [3.63, 3.8) is 0 Å². The van der Waals surface area contributed by atoms with Crippen molar-refractivity contribution >= 4 is 11.8 Å². The number of nitrogens with one attached hydrogen (secondary N) is 1. The minimum atomic E-state index is -0.466. The van der Waals surface area contributed by atoms with Crippen molar-refractivity contribution in [1.29, 1.82) is 0 Å². The summed E-state index contributed by atoms with van der Waals surface area (Å²) in [6.45, 7) is 7.68. The van der Waals surface area contributed by atoms with Crippen molar-refractivity contribution in [1.82, 2.24) is 15.1 Å². The first-order chi connectivity index (χ1) is 11.6. The molecule has 136 valence electrons. The number of nitrogens with two attached hydrogens (primary N) is 1. The van der Waals surface area contributed by atoms with Gasteiger partial charge in [0.15, 0.2) is 0 Å². The van der Waals surface area contributed by atoms with E-state index in [0.29, 0.717) is 11.4 Å². The summed E-state index contributed by atoms with van der Waals surface area (Å²) in [6, 6.07) is 5.48. The molecule has 0 unspecified atom stereocenters. The summed E-state index contributed by atoms with van der Waals surface area (Å²) in [5, 5.41) is 6.90. The highest BCUT2D eigenvalue weighted by molar-refractivity contribution is 5.69. The lowest BCUT2D eigenvalue weighted by Crippen LogP contribution is -2.42. The molecule has 0 aliphatic heterocycles. The number of nitrogens with zero attached hydrogens (tertiary/aromatic N) is 2. The molecule has 0 saturated carbocycles. The highest BCUT2D eigenvalue weighted by atomic mass is 16.6. The summed E-state index contributed by atoms with van der Waals surface area (Å²) >= 11 is 0. The zero-order valence-electron chi connectivity index (χ0n) is 15.4. The van der Waals surface area contributed by atoms with Crippen LogP contribution in [0.1, 0.15) is 27.7 Å². The molecule has 0 radical (unpaired) electrons. The van der Waals surface area contributed by atoms with Crippen LogP contribution >= 0.6 is 0 Å². The second-order valence-corrected chi connectivity index (χ2v) is 7.10. The van der Waals surface area contributed by atoms with E-state index in [1.807, 2.05) is 46.1 Å². The number of carbonyl (C=O) groups excluding carboxylic acids is 1. The van der Waals surface area contributed by atoms with Gasteiger partial charge in [0, 0.05) is 36.1 Å². The SMILES string of the molecule is C[C@H](COc1cc(N)cc(-c2cnn(C)c2)c1)OC(=O)NC(C)(C)C. The molecule has 7 heteroatoms. The fourth-order valence-corrected chi connectivity index (χ4v) is 2.21. The Morgan fingerprint density at radius 3 is 2.64 bits per heavy atom. The van der Waals surface area contributed by atoms with Crippen LogP contribution in [0.5, 0.6) is 5.75 Å². The number of aromatic nitrogens is 2. The second-order valence-electron chi connectivity index (χ2n) is 7.10. The van der Waals surface area contributed by atoms with E-state index in [0.717, 1.165) is 11.1 Å². The molecule has 0 saturated heterocycles. The van der Waals surface area contributed by atoms with E-state index in [-0.39, 0.29) is 12.1 Å². The van der Waals surface area contributed by atoms with E-state index in [1.54, 1.807) is 23.9 Å². The van der Waals surface area contributed by atoms with Gasteiger partial charge in [-0.05, 0) is 45.4 Å². The van der Waals surface area contributed by atoms with E-state index in [2.05, 4.69) is 10.4 Å². The summed E-state index contributed by atoms with van der Waals surface area (Å²) < 4.78 is 12.7. The van der Waals surface area contributed by atoms with Crippen molar-refractivity contribution in [3.8, 4) is 16.9 Å². The molecule has 1 amide bonds. The molecule has 1 heterocycles. The Hall–Kier alpha value is -2.70. The first kappa shape index (κ1) is 18.6. The van der Waals surface area contributed by atoms with E-state index in [4.69, 9.17) is 15.2 Å². The maximum atomic E-state index is 11.8. The van der Waals surface area contributed by atoms with Crippen LogP contribution in [0.2, 0.25) is 0 Å². The average molecular weight is 346 g/mol. The predicted molar refractivity (Wildman–Crippen MR) is 97.4 cm³/mol. The van der Waals surface area contributed by atoms with Gasteiger partial charge in [-0.3, -0.25) is 4.68 Å². The van der Waals surface area contributed by atoms with Gasteiger partial charge >= 0.3 is 6.09 Å². The number of hydrogen-bond acceptors (Lipinski definition) is 5. The maximum Gasteiger partial charge on any atom is 0.407 e. The average Bonchev–Trinajstić information content (AvgIpc) is 2.89. The van der Waals surface area contributed by atoms with Gasteiger partial charge in [-0.1, -0.05) is 0 Å². The normalized spacial score (nSPS) is 12.5. The predicted octanol–water partition coefficient (Wildman–Crippen LogP) is 2.96. The summed E-state index contributed by atoms with van der Waals surface area (Å²) in [5.41, 5.74) is 8.08. The summed E-state index contributed by atoms with van der Waals surface area (Å²) in [5.74, 6) is 0.616. The first-order valence-electron chi connectivity index (χ1n) is 8.13. The number of benzene rings is 1. The molecule has 0 aliphatic carbocycles. The number of alkyl carbamates (subject to hydrolysis) is 1. The number of hydrogen-bond donors (Lipinski definition) is 2. The third-order valence-electron chi connectivity index (χ3n) is 3.24. The van der Waals surface area contributed by atoms with Gasteiger partial charge in [0.05, 0.1) is 6.20 Å². The molecule has 25 heavy (non-hydrogen) atoms. The summed E-state index contributed by atoms with van der Waals surface area (Å²) in [4.78, 5) is 11.8. The standard InChI is InChI=1S/C18H26N4O3/c1-12(25-17(23)21-18(2,3)4)11-24-16-7-13(6-15(19)8-16)14-9-20-22(5)10-14/h6-10,12H,11,19H2,1-5H3,(H,21,23)/t12-/m1/s1. The number of amides is 1. The van der Waals surface area contributed by atoms with Crippen molar-refractivity contribution in [2.45, 2.75) is 39.3 Å². The Morgan fingerprint density at radius 1 is 1.32 bits per heavy atom. The minimum absolute atomic E-state index is 0.230. The van der Waals surface area contributed by atoms with E-state index >= 15 is 0 Å². The largest absolute Gasteiger partial charge is 0.490 e. The molecule has 1 aromatic carbocycles. The first-order valence-corrected chi connectivity index (χ1v) is 8.13. The number of nitrogen functional groups attached to an aromatic ring is 1. The number of aryl methyl sites for hydroxylation is 1. The van der Waals surface area contributed by atoms with Crippen LogP contribution in [0.4, 0.5) is 10.5 Å². The van der Waals surface area contributed by atoms with Crippen LogP contribution < -0.4 is 15.8 Å². The van der Waals surface area contributed by atoms with Gasteiger partial charge in [0.2, 0.25) is 0 Å². The van der Waals surface area contributed by atoms with Gasteiger partial charge in [0.25, 0.3) is 0 Å². The van der Waals surface area contributed by atoms with E-state index < -0.39 is 12.2 Å². The number of anilines is 1. The molecule has 0 bridgehead atoms. The molecule has 0 fully saturated rings. The van der Waals surface area contributed by atoms with Gasteiger partial charge in [-0.25, -0.2) is 4.79 Å². The molecule has 7 nitrogen and oxygen atoms in total. The highest BCUT2D eigenvalue weighted by Gasteiger charge is 2.17. The topological polar surface area (TPSA) is 91.4 Å². The van der Waals surface area contributed by atoms with Crippen LogP contribution in [-0.4, -0.2) is 34.1 Å². The van der Waals surface area contributed by atoms with Crippen LogP contribution in [0, 0.1) is 0 Å². The molecule has 2 aromatic rings. The quantitative estimate of drug-likeness (QED) is 0.812. The lowest BCUT2D eigenvalue weighted by molar-refractivity contribution is 0.0707. The molecular weight excluding hydrogens is 320 g/mol. The zero-order chi connectivity index (χ0) is 18.6. The third-order valence-corrected chi connectivity index (χ3v) is 3.24. The summed E-state index contributed by atoms with van der Waals surface area (Å²) in [6.07, 6.45) is 2.81. The number of rotatable bonds is 5. The van der Waals surface area contributed by atoms with Crippen molar-refractivity contribution in [3.05, 3.63) is 30.6 Å². The molecule has 3 N–H and O–H groups in total. The Kier molecular flexibility index (Phi) is 5.56. The fourth-order valence-electron chi connectivity index (χ4n) is 2.21. The van der Waals surface area contributed by atoms with E-state index in [1.165, 1.54) is 0 Å². The third kappa shape index (κ3) is 6.02. The molecule has 1 aromatic heterocycles. The van der Waals surface area contributed by atoms with Crippen LogP contribution in [0.3, 0.4) is 0 Å². The van der Waals surface area contributed by atoms with Gasteiger partial charge < -0.3 is 20.5 Å². The fraction of sp³-hybridized carbons (Fsp3) is 0.444. The molecule has 2 rings (SSSR count). The van der Waals surface area contributed by atoms with Gasteiger partial charge in [0.1, 0.15) is 18.5 Å². The zero-order valence-corrected chi connectivity index (χ0v) is 15.4. The van der Waals surface area contributed by atoms with Crippen molar-refractivity contribution in [2.75, 3.05) is 12.3 Å². The Balaban J connectivity index is 1.96. The number of carbonyl (C=O) groups is 1. The monoisotopic (exact) mass is 346 g/mol. The van der Waals surface area contributed by atoms with Crippen molar-refractivity contribution < 1.29 is 14.3 Å². The van der Waals surface area contributed by atoms with E-state index in [9.17, 15) is 4.79 Å². The Labute approximate surface area is 148 Å². The lowest BCUT2D eigenvalue weighted by atomic mass is 10.1. The second kappa shape index (κ2) is 7.46. The minimum Gasteiger partial charge on any atom is -0.490 e. The molecule has 0 spiro atoms. The number of ether oxygens (including phenoxy) is 2. The lowest BCUT2D eigenvalue weighted by Gasteiger charge is -2.22. The molecule has 1 atom stereocenters. The highest BCUT2D eigenvalue weighted by Crippen LogP contribution is 2.27. The summed E-state index contributed by atoms with van der Waals surface area (Å²) in [7, 11) is 1.86. The van der Waals surface area contributed by atoms with Crippen LogP contribution in [-0.2, 0) is 11.8 Å². The smallest absolute Gasteiger partial charge is 0.407 e. The van der Waals surface area contributed by atoms with Crippen LogP contribution in [0.15, 0.2) is 30.6 Å². The Morgan fingerprint density at radius 2 is 2.04 bits per heavy atom. The molecule has 0 aliphatic rings. The Bertz CT molecular complexity index is 734. The maximum absolute atomic E-state index is 11.8. The van der Waals surface area contributed by atoms with Crippen molar-refractivity contribution in [2.24, 2.45) is 7.05 Å².